The Hall–Kier alpha value is -3.93. The van der Waals surface area contributed by atoms with Crippen molar-refractivity contribution in [1.82, 2.24) is 15.0 Å². The minimum Gasteiger partial charge on any atom is -0.494 e. The molecule has 0 atom stereocenters. The fourth-order valence-electron chi connectivity index (χ4n) is 3.82. The Labute approximate surface area is 180 Å². The molecule has 0 amide bonds. The number of benzene rings is 3. The highest BCUT2D eigenvalue weighted by atomic mass is 16.5. The van der Waals surface area contributed by atoms with E-state index in [2.05, 4.69) is 44.3 Å². The van der Waals surface area contributed by atoms with Gasteiger partial charge in [0.2, 0.25) is 0 Å². The molecule has 3 aromatic carbocycles. The number of hydrogen-bond donors (Lipinski definition) is 1. The van der Waals surface area contributed by atoms with Crippen molar-refractivity contribution in [3.05, 3.63) is 84.2 Å². The van der Waals surface area contributed by atoms with E-state index in [1.54, 1.807) is 0 Å². The molecule has 6 heteroatoms. The van der Waals surface area contributed by atoms with Crippen LogP contribution in [0.1, 0.15) is 25.0 Å². The van der Waals surface area contributed by atoms with Gasteiger partial charge < -0.3 is 4.74 Å². The van der Waals surface area contributed by atoms with E-state index in [1.807, 2.05) is 62.6 Å². The Bertz CT molecular complexity index is 1300. The maximum Gasteiger partial charge on any atom is 0.127 e. The molecule has 0 unspecified atom stereocenters. The molecule has 0 saturated carbocycles. The van der Waals surface area contributed by atoms with Crippen molar-refractivity contribution in [2.75, 3.05) is 6.61 Å². The van der Waals surface area contributed by atoms with Gasteiger partial charge in [0.15, 0.2) is 0 Å². The van der Waals surface area contributed by atoms with Crippen LogP contribution in [0.15, 0.2) is 83.2 Å². The maximum absolute atomic E-state index is 5.64. The van der Waals surface area contributed by atoms with Crippen molar-refractivity contribution in [2.45, 2.75) is 20.3 Å². The Morgan fingerprint density at radius 1 is 1.06 bits per heavy atom. The summed E-state index contributed by atoms with van der Waals surface area (Å²) < 4.78 is 7.72. The third kappa shape index (κ3) is 3.80. The lowest BCUT2D eigenvalue weighted by Gasteiger charge is -2.09. The monoisotopic (exact) mass is 409 g/mol. The van der Waals surface area contributed by atoms with Crippen LogP contribution < -0.4 is 10.2 Å². The summed E-state index contributed by atoms with van der Waals surface area (Å²) in [6.07, 6.45) is 2.51. The summed E-state index contributed by atoms with van der Waals surface area (Å²) in [5.41, 5.74) is 10.2. The van der Waals surface area contributed by atoms with E-state index in [9.17, 15) is 0 Å². The van der Waals surface area contributed by atoms with E-state index in [1.165, 1.54) is 5.56 Å². The largest absolute Gasteiger partial charge is 0.494 e. The van der Waals surface area contributed by atoms with E-state index in [0.29, 0.717) is 13.0 Å². The Morgan fingerprint density at radius 2 is 1.94 bits per heavy atom. The molecule has 31 heavy (non-hydrogen) atoms. The fourth-order valence-corrected chi connectivity index (χ4v) is 3.82. The first kappa shape index (κ1) is 19.1. The van der Waals surface area contributed by atoms with E-state index in [-0.39, 0.29) is 0 Å². The highest BCUT2D eigenvalue weighted by molar-refractivity contribution is 6.04. The first-order valence-corrected chi connectivity index (χ1v) is 10.4. The molecule has 1 aliphatic rings. The van der Waals surface area contributed by atoms with Gasteiger partial charge in [0.05, 0.1) is 29.0 Å². The van der Waals surface area contributed by atoms with Crippen LogP contribution in [-0.4, -0.2) is 27.7 Å². The maximum atomic E-state index is 5.64. The van der Waals surface area contributed by atoms with Crippen molar-refractivity contribution >= 4 is 28.3 Å². The van der Waals surface area contributed by atoms with Gasteiger partial charge in [-0.25, -0.2) is 9.98 Å². The number of rotatable bonds is 4. The number of aliphatic imine (C=N–C) groups is 1. The molecule has 154 valence electrons. The fraction of sp³-hybridized carbons (Fsp3) is 0.160. The Morgan fingerprint density at radius 3 is 2.77 bits per heavy atom. The number of hydrazone groups is 1. The summed E-state index contributed by atoms with van der Waals surface area (Å²) in [4.78, 5) is 9.39. The Balaban J connectivity index is 1.46. The average molecular weight is 409 g/mol. The molecule has 0 saturated heterocycles. The van der Waals surface area contributed by atoms with E-state index in [0.717, 1.165) is 45.3 Å². The highest BCUT2D eigenvalue weighted by Gasteiger charge is 2.15. The Kier molecular flexibility index (Phi) is 4.96. The molecule has 0 spiro atoms. The molecule has 0 fully saturated rings. The van der Waals surface area contributed by atoms with Crippen LogP contribution in [0.3, 0.4) is 0 Å². The molecule has 0 aliphatic carbocycles. The lowest BCUT2D eigenvalue weighted by molar-refractivity contribution is 0.340. The second-order valence-corrected chi connectivity index (χ2v) is 7.42. The van der Waals surface area contributed by atoms with Crippen molar-refractivity contribution in [3.63, 3.8) is 0 Å². The lowest BCUT2D eigenvalue weighted by atomic mass is 10.0. The van der Waals surface area contributed by atoms with Crippen LogP contribution in [0, 0.1) is 0 Å². The average Bonchev–Trinajstić information content (AvgIpc) is 3.15. The minimum atomic E-state index is 0.641. The standard InChI is InChI=1S/C25H23N5O/c1-3-31-21-11-9-18-13-25(29-28-17(2)22(18)15-21)27-19-10-12-24-23(14-19)26-16-30(24)20-7-5-4-6-8-20/h4-12,14-16H,3,13H2,1-2H3,(H,27,29). The zero-order valence-electron chi connectivity index (χ0n) is 17.5. The highest BCUT2D eigenvalue weighted by Crippen LogP contribution is 2.25. The van der Waals surface area contributed by atoms with Crippen LogP contribution in [0.25, 0.3) is 16.7 Å². The van der Waals surface area contributed by atoms with Gasteiger partial charge in [0, 0.05) is 17.7 Å². The molecule has 4 aromatic rings. The number of para-hydroxylation sites is 1. The van der Waals surface area contributed by atoms with E-state index >= 15 is 0 Å². The SMILES string of the molecule is CCOc1ccc2c(c1)C(C)=NNC(=Nc1ccc3c(c1)ncn3-c1ccccc1)C2. The first-order chi connectivity index (χ1) is 15.2. The predicted molar refractivity (Wildman–Crippen MR) is 125 cm³/mol. The molecular weight excluding hydrogens is 386 g/mol. The van der Waals surface area contributed by atoms with Gasteiger partial charge in [-0.2, -0.15) is 5.10 Å². The summed E-state index contributed by atoms with van der Waals surface area (Å²) in [7, 11) is 0. The smallest absolute Gasteiger partial charge is 0.127 e. The molecular formula is C25H23N5O. The summed E-state index contributed by atoms with van der Waals surface area (Å²) in [5.74, 6) is 1.65. The van der Waals surface area contributed by atoms with Gasteiger partial charge in [0.1, 0.15) is 17.9 Å². The number of fused-ring (bicyclic) bond motifs is 2. The van der Waals surface area contributed by atoms with Crippen molar-refractivity contribution in [1.29, 1.82) is 0 Å². The third-order valence-corrected chi connectivity index (χ3v) is 5.32. The van der Waals surface area contributed by atoms with Crippen LogP contribution in [0.5, 0.6) is 5.75 Å². The number of amidine groups is 1. The lowest BCUT2D eigenvalue weighted by Crippen LogP contribution is -2.18. The van der Waals surface area contributed by atoms with Gasteiger partial charge in [-0.3, -0.25) is 9.99 Å². The topological polar surface area (TPSA) is 63.8 Å². The van der Waals surface area contributed by atoms with Crippen LogP contribution in [0.4, 0.5) is 5.69 Å². The number of aromatic nitrogens is 2. The normalized spacial score (nSPS) is 14.6. The van der Waals surface area contributed by atoms with Crippen molar-refractivity contribution in [3.8, 4) is 11.4 Å². The van der Waals surface area contributed by atoms with Gasteiger partial charge >= 0.3 is 0 Å². The van der Waals surface area contributed by atoms with E-state index in [4.69, 9.17) is 9.73 Å². The van der Waals surface area contributed by atoms with Crippen molar-refractivity contribution in [2.24, 2.45) is 10.1 Å². The van der Waals surface area contributed by atoms with Gasteiger partial charge in [-0.05, 0) is 61.9 Å². The molecule has 1 N–H and O–H groups in total. The second kappa shape index (κ2) is 8.07. The molecule has 1 aromatic heterocycles. The molecule has 2 heterocycles. The molecule has 6 nitrogen and oxygen atoms in total. The number of ether oxygens (including phenoxy) is 1. The summed E-state index contributed by atoms with van der Waals surface area (Å²) in [6, 6.07) is 22.4. The number of nitrogens with one attached hydrogen (secondary N) is 1. The molecule has 5 rings (SSSR count). The van der Waals surface area contributed by atoms with Gasteiger partial charge in [-0.1, -0.05) is 24.3 Å². The summed E-state index contributed by atoms with van der Waals surface area (Å²) in [5, 5.41) is 4.51. The first-order valence-electron chi connectivity index (χ1n) is 10.4. The van der Waals surface area contributed by atoms with Crippen LogP contribution in [0.2, 0.25) is 0 Å². The summed E-state index contributed by atoms with van der Waals surface area (Å²) in [6.45, 7) is 4.62. The van der Waals surface area contributed by atoms with E-state index < -0.39 is 0 Å². The molecule has 0 radical (unpaired) electrons. The zero-order chi connectivity index (χ0) is 21.2. The number of nitrogens with zero attached hydrogens (tertiary/aromatic N) is 4. The molecule has 0 bridgehead atoms. The summed E-state index contributed by atoms with van der Waals surface area (Å²) >= 11 is 0. The minimum absolute atomic E-state index is 0.641. The third-order valence-electron chi connectivity index (χ3n) is 5.32. The zero-order valence-corrected chi connectivity index (χ0v) is 17.5. The van der Waals surface area contributed by atoms with Crippen LogP contribution in [-0.2, 0) is 6.42 Å². The number of hydrogen-bond acceptors (Lipinski definition) is 4. The molecule has 1 aliphatic heterocycles. The van der Waals surface area contributed by atoms with Gasteiger partial charge in [0.25, 0.3) is 0 Å². The van der Waals surface area contributed by atoms with Crippen molar-refractivity contribution < 1.29 is 4.74 Å². The quantitative estimate of drug-likeness (QED) is 0.514. The van der Waals surface area contributed by atoms with Gasteiger partial charge in [-0.15, -0.1) is 0 Å². The second-order valence-electron chi connectivity index (χ2n) is 7.42. The van der Waals surface area contributed by atoms with Crippen LogP contribution >= 0.6 is 0 Å². The predicted octanol–water partition coefficient (Wildman–Crippen LogP) is 5.02. The number of imidazole rings is 1.